The topological polar surface area (TPSA) is 54.5 Å². The van der Waals surface area contributed by atoms with Crippen molar-refractivity contribution in [3.8, 4) is 0 Å². The second-order valence-corrected chi connectivity index (χ2v) is 6.76. The van der Waals surface area contributed by atoms with E-state index in [1.807, 2.05) is 54.6 Å². The molecule has 26 heavy (non-hydrogen) atoms. The molecule has 1 aliphatic carbocycles. The Morgan fingerprint density at radius 2 is 1.50 bits per heavy atom. The van der Waals surface area contributed by atoms with Crippen LogP contribution < -0.4 is 0 Å². The van der Waals surface area contributed by atoms with Gasteiger partial charge in [-0.3, -0.25) is 19.3 Å². The largest absolute Gasteiger partial charge is 0.299 e. The number of imide groups is 1. The van der Waals surface area contributed by atoms with Crippen molar-refractivity contribution >= 4 is 17.6 Å². The molecule has 2 aromatic rings. The first kappa shape index (κ1) is 16.5. The van der Waals surface area contributed by atoms with Crippen LogP contribution in [0.1, 0.15) is 41.5 Å². The van der Waals surface area contributed by atoms with Crippen molar-refractivity contribution in [2.75, 3.05) is 0 Å². The first-order valence-electron chi connectivity index (χ1n) is 8.86. The molecule has 2 aromatic carbocycles. The number of aryl methyl sites for hydroxylation is 1. The van der Waals surface area contributed by atoms with Crippen LogP contribution in [-0.4, -0.2) is 22.5 Å². The Labute approximate surface area is 152 Å². The van der Waals surface area contributed by atoms with Crippen LogP contribution in [-0.2, 0) is 20.8 Å². The molecular formula is C22H19NO3. The third-order valence-electron chi connectivity index (χ3n) is 5.24. The molecule has 0 saturated heterocycles. The van der Waals surface area contributed by atoms with Crippen molar-refractivity contribution in [2.45, 2.75) is 31.2 Å². The number of carbonyl (C=O) groups excluding carboxylic acids is 3. The van der Waals surface area contributed by atoms with E-state index in [-0.39, 0.29) is 29.6 Å². The lowest BCUT2D eigenvalue weighted by Crippen LogP contribution is -2.33. The summed E-state index contributed by atoms with van der Waals surface area (Å²) in [6.07, 6.45) is 4.24. The Balaban J connectivity index is 1.55. The van der Waals surface area contributed by atoms with Crippen molar-refractivity contribution < 1.29 is 14.4 Å². The van der Waals surface area contributed by atoms with Crippen LogP contribution in [0.15, 0.2) is 66.7 Å². The molecule has 2 aliphatic rings. The molecule has 0 bridgehead atoms. The number of amides is 2. The highest BCUT2D eigenvalue weighted by Gasteiger charge is 2.42. The Kier molecular flexibility index (Phi) is 4.25. The maximum absolute atomic E-state index is 12.9. The maximum atomic E-state index is 12.9. The molecular weight excluding hydrogens is 326 g/mol. The van der Waals surface area contributed by atoms with Crippen LogP contribution >= 0.6 is 0 Å². The van der Waals surface area contributed by atoms with E-state index in [2.05, 4.69) is 0 Å². The monoisotopic (exact) mass is 345 g/mol. The number of fused-ring (bicyclic) bond motifs is 1. The second-order valence-electron chi connectivity index (χ2n) is 6.76. The van der Waals surface area contributed by atoms with Crippen LogP contribution in [0.3, 0.4) is 0 Å². The minimum Gasteiger partial charge on any atom is -0.299 e. The highest BCUT2D eigenvalue weighted by molar-refractivity contribution is 6.13. The van der Waals surface area contributed by atoms with Gasteiger partial charge in [-0.25, -0.2) is 0 Å². The first-order valence-corrected chi connectivity index (χ1v) is 8.86. The molecule has 2 atom stereocenters. The van der Waals surface area contributed by atoms with E-state index < -0.39 is 0 Å². The van der Waals surface area contributed by atoms with Gasteiger partial charge in [-0.2, -0.15) is 0 Å². The van der Waals surface area contributed by atoms with E-state index in [1.54, 1.807) is 0 Å². The Morgan fingerprint density at radius 1 is 0.885 bits per heavy atom. The number of rotatable bonds is 5. The van der Waals surface area contributed by atoms with Gasteiger partial charge in [-0.15, -0.1) is 0 Å². The molecule has 1 heterocycles. The van der Waals surface area contributed by atoms with Gasteiger partial charge in [0.1, 0.15) is 5.78 Å². The highest BCUT2D eigenvalue weighted by Crippen LogP contribution is 2.45. The van der Waals surface area contributed by atoms with Crippen molar-refractivity contribution in [1.82, 2.24) is 4.90 Å². The normalized spacial score (nSPS) is 21.3. The van der Waals surface area contributed by atoms with Gasteiger partial charge < -0.3 is 0 Å². The summed E-state index contributed by atoms with van der Waals surface area (Å²) in [6, 6.07) is 17.2. The number of hydrogen-bond acceptors (Lipinski definition) is 3. The van der Waals surface area contributed by atoms with Crippen molar-refractivity contribution in [3.05, 3.63) is 83.4 Å². The molecule has 0 spiro atoms. The van der Waals surface area contributed by atoms with Crippen molar-refractivity contribution in [2.24, 2.45) is 0 Å². The molecule has 0 fully saturated rings. The Hall–Kier alpha value is -3.01. The molecule has 0 N–H and O–H groups in total. The molecule has 4 rings (SSSR count). The number of ketones is 1. The fourth-order valence-electron chi connectivity index (χ4n) is 3.96. The van der Waals surface area contributed by atoms with Gasteiger partial charge in [-0.1, -0.05) is 54.6 Å². The SMILES string of the molecule is O=C(CCc1ccccc1)[C@H]1C[C@H](N2C(=O)C=CC2=O)c2ccccc21. The molecule has 0 saturated carbocycles. The summed E-state index contributed by atoms with van der Waals surface area (Å²) in [5, 5.41) is 0. The molecule has 130 valence electrons. The van der Waals surface area contributed by atoms with E-state index in [1.165, 1.54) is 17.1 Å². The lowest BCUT2D eigenvalue weighted by atomic mass is 9.93. The standard InChI is InChI=1S/C22H19NO3/c24-20(11-10-15-6-2-1-3-7-15)18-14-19(17-9-5-4-8-16(17)18)23-21(25)12-13-22(23)26/h1-9,12-13,18-19H,10-11,14H2/t18-,19-/m0/s1. The fraction of sp³-hybridized carbons (Fsp3) is 0.227. The zero-order chi connectivity index (χ0) is 18.1. The lowest BCUT2D eigenvalue weighted by Gasteiger charge is -2.23. The summed E-state index contributed by atoms with van der Waals surface area (Å²) in [4.78, 5) is 38.4. The number of hydrogen-bond donors (Lipinski definition) is 0. The fourth-order valence-corrected chi connectivity index (χ4v) is 3.96. The summed E-state index contributed by atoms with van der Waals surface area (Å²) in [5.41, 5.74) is 3.00. The van der Waals surface area contributed by atoms with Gasteiger partial charge in [0.25, 0.3) is 11.8 Å². The van der Waals surface area contributed by atoms with E-state index in [4.69, 9.17) is 0 Å². The number of nitrogens with zero attached hydrogens (tertiary/aromatic N) is 1. The summed E-state index contributed by atoms with van der Waals surface area (Å²) in [6.45, 7) is 0. The highest BCUT2D eigenvalue weighted by atomic mass is 16.2. The van der Waals surface area contributed by atoms with Gasteiger partial charge in [0, 0.05) is 24.5 Å². The average Bonchev–Trinajstić information content (AvgIpc) is 3.20. The van der Waals surface area contributed by atoms with Crippen LogP contribution in [0.5, 0.6) is 0 Å². The second kappa shape index (κ2) is 6.71. The summed E-state index contributed by atoms with van der Waals surface area (Å²) in [7, 11) is 0. The smallest absolute Gasteiger partial charge is 0.254 e. The van der Waals surface area contributed by atoms with Crippen LogP contribution in [0.2, 0.25) is 0 Å². The number of benzene rings is 2. The van der Waals surface area contributed by atoms with Gasteiger partial charge in [0.2, 0.25) is 0 Å². The average molecular weight is 345 g/mol. The molecule has 4 nitrogen and oxygen atoms in total. The quantitative estimate of drug-likeness (QED) is 0.781. The number of Topliss-reactive ketones (excluding diaryl/α,β-unsaturated/α-hetero) is 1. The van der Waals surface area contributed by atoms with Crippen LogP contribution in [0.25, 0.3) is 0 Å². The maximum Gasteiger partial charge on any atom is 0.254 e. The summed E-state index contributed by atoms with van der Waals surface area (Å²) < 4.78 is 0. The molecule has 0 radical (unpaired) electrons. The van der Waals surface area contributed by atoms with E-state index in [0.29, 0.717) is 19.3 Å². The molecule has 0 unspecified atom stereocenters. The predicted octanol–water partition coefficient (Wildman–Crippen LogP) is 3.34. The Morgan fingerprint density at radius 3 is 2.19 bits per heavy atom. The van der Waals surface area contributed by atoms with Crippen molar-refractivity contribution in [3.63, 3.8) is 0 Å². The molecule has 0 aromatic heterocycles. The third kappa shape index (κ3) is 2.88. The van der Waals surface area contributed by atoms with E-state index in [9.17, 15) is 14.4 Å². The predicted molar refractivity (Wildman–Crippen MR) is 97.3 cm³/mol. The minimum absolute atomic E-state index is 0.163. The number of carbonyl (C=O) groups is 3. The minimum atomic E-state index is -0.355. The lowest BCUT2D eigenvalue weighted by molar-refractivity contribution is -0.140. The van der Waals surface area contributed by atoms with E-state index >= 15 is 0 Å². The Bertz CT molecular complexity index is 883. The first-order chi connectivity index (χ1) is 12.6. The molecule has 4 heteroatoms. The van der Waals surface area contributed by atoms with Crippen LogP contribution in [0.4, 0.5) is 0 Å². The third-order valence-corrected chi connectivity index (χ3v) is 5.24. The van der Waals surface area contributed by atoms with Gasteiger partial charge in [0.15, 0.2) is 0 Å². The van der Waals surface area contributed by atoms with Crippen molar-refractivity contribution in [1.29, 1.82) is 0 Å². The van der Waals surface area contributed by atoms with Crippen LogP contribution in [0, 0.1) is 0 Å². The zero-order valence-electron chi connectivity index (χ0n) is 14.3. The zero-order valence-corrected chi connectivity index (χ0v) is 14.3. The van der Waals surface area contributed by atoms with Gasteiger partial charge in [0.05, 0.1) is 6.04 Å². The molecule has 1 aliphatic heterocycles. The summed E-state index contributed by atoms with van der Waals surface area (Å²) in [5.74, 6) is -0.698. The van der Waals surface area contributed by atoms with E-state index in [0.717, 1.165) is 16.7 Å². The summed E-state index contributed by atoms with van der Waals surface area (Å²) >= 11 is 0. The van der Waals surface area contributed by atoms with Gasteiger partial charge in [-0.05, 0) is 29.5 Å². The van der Waals surface area contributed by atoms with Gasteiger partial charge >= 0.3 is 0 Å². The molecule has 2 amide bonds.